The highest BCUT2D eigenvalue weighted by Gasteiger charge is 2.55. The summed E-state index contributed by atoms with van der Waals surface area (Å²) >= 11 is 0. The zero-order chi connectivity index (χ0) is 9.53. The van der Waals surface area contributed by atoms with Gasteiger partial charge in [-0.1, -0.05) is 0 Å². The smallest absolute Gasteiger partial charge is 0.180 e. The summed E-state index contributed by atoms with van der Waals surface area (Å²) in [4.78, 5) is 11.7. The fourth-order valence-electron chi connectivity index (χ4n) is 2.28. The molecule has 0 amide bonds. The maximum Gasteiger partial charge on any atom is 0.180 e. The van der Waals surface area contributed by atoms with Crippen LogP contribution in [0, 0.1) is 5.41 Å². The number of hydrogen-bond donors (Lipinski definition) is 0. The fraction of sp³-hybridized carbons (Fsp3) is 0.900. The van der Waals surface area contributed by atoms with Crippen LogP contribution < -0.4 is 0 Å². The molecule has 13 heavy (non-hydrogen) atoms. The van der Waals surface area contributed by atoms with Crippen LogP contribution in [0.4, 0.5) is 0 Å². The number of rotatable bonds is 0. The van der Waals surface area contributed by atoms with Gasteiger partial charge < -0.3 is 9.47 Å². The molecule has 2 fully saturated rings. The first-order valence-electron chi connectivity index (χ1n) is 4.90. The summed E-state index contributed by atoms with van der Waals surface area (Å²) in [6.45, 7) is 5.10. The third kappa shape index (κ3) is 1.14. The van der Waals surface area contributed by atoms with E-state index in [4.69, 9.17) is 9.47 Å². The Hall–Kier alpha value is -0.410. The van der Waals surface area contributed by atoms with E-state index in [0.717, 1.165) is 12.8 Å². The highest BCUT2D eigenvalue weighted by molar-refractivity contribution is 5.86. The number of hydrogen-bond acceptors (Lipinski definition) is 3. The van der Waals surface area contributed by atoms with Gasteiger partial charge in [0.15, 0.2) is 5.79 Å². The van der Waals surface area contributed by atoms with Gasteiger partial charge in [0.05, 0.1) is 18.6 Å². The highest BCUT2D eigenvalue weighted by atomic mass is 16.7. The van der Waals surface area contributed by atoms with E-state index in [0.29, 0.717) is 19.6 Å². The second-order valence-corrected chi connectivity index (χ2v) is 4.35. The average molecular weight is 184 g/mol. The first kappa shape index (κ1) is 9.16. The Balaban J connectivity index is 2.30. The van der Waals surface area contributed by atoms with Crippen LogP contribution in [0.3, 0.4) is 0 Å². The van der Waals surface area contributed by atoms with Crippen molar-refractivity contribution in [3.8, 4) is 0 Å². The van der Waals surface area contributed by atoms with Gasteiger partial charge >= 0.3 is 0 Å². The van der Waals surface area contributed by atoms with Crippen molar-refractivity contribution in [1.29, 1.82) is 0 Å². The standard InChI is InChI=1S/C10H16O3/c1-9(2)8(11)4-3-5-10(9)12-6-7-13-10/h3-7H2,1-2H3. The van der Waals surface area contributed by atoms with Crippen molar-refractivity contribution in [2.45, 2.75) is 38.9 Å². The predicted octanol–water partition coefficient (Wildman–Crippen LogP) is 1.51. The number of ketones is 1. The zero-order valence-electron chi connectivity index (χ0n) is 8.26. The number of carbonyl (C=O) groups excluding carboxylic acids is 1. The van der Waals surface area contributed by atoms with Gasteiger partial charge in [0.2, 0.25) is 0 Å². The minimum Gasteiger partial charge on any atom is -0.347 e. The lowest BCUT2D eigenvalue weighted by atomic mass is 9.71. The van der Waals surface area contributed by atoms with Crippen molar-refractivity contribution in [2.75, 3.05) is 13.2 Å². The van der Waals surface area contributed by atoms with Gasteiger partial charge in [-0.3, -0.25) is 4.79 Å². The lowest BCUT2D eigenvalue weighted by molar-refractivity contribution is -0.236. The molecule has 0 unspecified atom stereocenters. The Morgan fingerprint density at radius 1 is 1.23 bits per heavy atom. The minimum atomic E-state index is -0.609. The predicted molar refractivity (Wildman–Crippen MR) is 47.3 cm³/mol. The van der Waals surface area contributed by atoms with E-state index < -0.39 is 11.2 Å². The maximum absolute atomic E-state index is 11.7. The quantitative estimate of drug-likeness (QED) is 0.572. The van der Waals surface area contributed by atoms with Crippen LogP contribution in [0.5, 0.6) is 0 Å². The van der Waals surface area contributed by atoms with Crippen molar-refractivity contribution < 1.29 is 14.3 Å². The van der Waals surface area contributed by atoms with Crippen molar-refractivity contribution in [2.24, 2.45) is 5.41 Å². The molecule has 0 N–H and O–H groups in total. The van der Waals surface area contributed by atoms with E-state index in [1.807, 2.05) is 13.8 Å². The first-order valence-corrected chi connectivity index (χ1v) is 4.90. The molecule has 3 nitrogen and oxygen atoms in total. The summed E-state index contributed by atoms with van der Waals surface area (Å²) < 4.78 is 11.2. The van der Waals surface area contributed by atoms with E-state index in [1.54, 1.807) is 0 Å². The van der Waals surface area contributed by atoms with Crippen molar-refractivity contribution >= 4 is 5.78 Å². The van der Waals surface area contributed by atoms with E-state index >= 15 is 0 Å². The summed E-state index contributed by atoms with van der Waals surface area (Å²) in [5.41, 5.74) is -0.470. The van der Waals surface area contributed by atoms with Gasteiger partial charge in [0.1, 0.15) is 5.78 Å². The molecule has 0 aromatic rings. The largest absolute Gasteiger partial charge is 0.347 e. The molecule has 0 atom stereocenters. The lowest BCUT2D eigenvalue weighted by Gasteiger charge is -2.44. The van der Waals surface area contributed by atoms with Gasteiger partial charge in [0, 0.05) is 12.8 Å². The number of Topliss-reactive ketones (excluding diaryl/α,β-unsaturated/α-hetero) is 1. The van der Waals surface area contributed by atoms with E-state index in [2.05, 4.69) is 0 Å². The molecular weight excluding hydrogens is 168 g/mol. The van der Waals surface area contributed by atoms with Gasteiger partial charge in [-0.05, 0) is 20.3 Å². The number of ether oxygens (including phenoxy) is 2. The Kier molecular flexibility index (Phi) is 1.96. The van der Waals surface area contributed by atoms with Gasteiger partial charge in [-0.25, -0.2) is 0 Å². The second kappa shape index (κ2) is 2.79. The topological polar surface area (TPSA) is 35.5 Å². The zero-order valence-corrected chi connectivity index (χ0v) is 8.26. The summed E-state index contributed by atoms with van der Waals surface area (Å²) in [6, 6.07) is 0. The molecule has 2 rings (SSSR count). The third-order valence-electron chi connectivity index (χ3n) is 3.31. The van der Waals surface area contributed by atoms with Crippen molar-refractivity contribution in [1.82, 2.24) is 0 Å². The molecule has 1 heterocycles. The monoisotopic (exact) mass is 184 g/mol. The second-order valence-electron chi connectivity index (χ2n) is 4.35. The molecule has 0 aromatic carbocycles. The Morgan fingerprint density at radius 3 is 2.46 bits per heavy atom. The molecular formula is C10H16O3. The summed E-state index contributed by atoms with van der Waals surface area (Å²) in [5.74, 6) is -0.344. The number of carbonyl (C=O) groups is 1. The molecule has 0 aromatic heterocycles. The van der Waals surface area contributed by atoms with E-state index in [9.17, 15) is 4.79 Å². The SMILES string of the molecule is CC1(C)C(=O)CCCC12OCCO2. The van der Waals surface area contributed by atoms with Gasteiger partial charge in [-0.2, -0.15) is 0 Å². The molecule has 74 valence electrons. The Morgan fingerprint density at radius 2 is 1.85 bits per heavy atom. The molecule has 1 aliphatic carbocycles. The molecule has 1 saturated heterocycles. The Bertz CT molecular complexity index is 226. The van der Waals surface area contributed by atoms with Crippen LogP contribution in [0.25, 0.3) is 0 Å². The Labute approximate surface area is 78.4 Å². The van der Waals surface area contributed by atoms with Crippen LogP contribution in [-0.4, -0.2) is 24.8 Å². The molecule has 0 bridgehead atoms. The first-order chi connectivity index (χ1) is 6.08. The minimum absolute atomic E-state index is 0.264. The third-order valence-corrected chi connectivity index (χ3v) is 3.31. The highest BCUT2D eigenvalue weighted by Crippen LogP contribution is 2.46. The van der Waals surface area contributed by atoms with Crippen LogP contribution in [0.1, 0.15) is 33.1 Å². The van der Waals surface area contributed by atoms with E-state index in [-0.39, 0.29) is 5.78 Å². The van der Waals surface area contributed by atoms with Gasteiger partial charge in [0.25, 0.3) is 0 Å². The van der Waals surface area contributed by atoms with E-state index in [1.165, 1.54) is 0 Å². The van der Waals surface area contributed by atoms with Crippen LogP contribution in [0.2, 0.25) is 0 Å². The molecule has 1 spiro atoms. The summed E-state index contributed by atoms with van der Waals surface area (Å²) in [7, 11) is 0. The molecule has 3 heteroatoms. The molecule has 0 radical (unpaired) electrons. The summed E-state index contributed by atoms with van der Waals surface area (Å²) in [6.07, 6.45) is 2.41. The summed E-state index contributed by atoms with van der Waals surface area (Å²) in [5, 5.41) is 0. The normalized spacial score (nSPS) is 31.1. The fourth-order valence-corrected chi connectivity index (χ4v) is 2.28. The average Bonchev–Trinajstić information content (AvgIpc) is 2.52. The van der Waals surface area contributed by atoms with Crippen molar-refractivity contribution in [3.63, 3.8) is 0 Å². The van der Waals surface area contributed by atoms with Crippen LogP contribution in [0.15, 0.2) is 0 Å². The molecule has 1 saturated carbocycles. The van der Waals surface area contributed by atoms with Crippen molar-refractivity contribution in [3.05, 3.63) is 0 Å². The van der Waals surface area contributed by atoms with Crippen LogP contribution in [-0.2, 0) is 14.3 Å². The van der Waals surface area contributed by atoms with Crippen LogP contribution >= 0.6 is 0 Å². The maximum atomic E-state index is 11.7. The van der Waals surface area contributed by atoms with Gasteiger partial charge in [-0.15, -0.1) is 0 Å². The molecule has 2 aliphatic rings. The lowest BCUT2D eigenvalue weighted by Crippen LogP contribution is -2.53. The molecule has 1 aliphatic heterocycles.